The van der Waals surface area contributed by atoms with Crippen molar-refractivity contribution in [3.63, 3.8) is 0 Å². The van der Waals surface area contributed by atoms with Crippen molar-refractivity contribution in [2.45, 2.75) is 57.9 Å². The Morgan fingerprint density at radius 3 is 2.55 bits per heavy atom. The highest BCUT2D eigenvalue weighted by Crippen LogP contribution is 2.43. The van der Waals surface area contributed by atoms with Crippen LogP contribution in [0, 0.1) is 11.7 Å². The molecule has 20 heavy (non-hydrogen) atoms. The van der Waals surface area contributed by atoms with Gasteiger partial charge in [-0.05, 0) is 49.3 Å². The number of hydrogen-bond acceptors (Lipinski definition) is 1. The van der Waals surface area contributed by atoms with Gasteiger partial charge in [0, 0.05) is 23.0 Å². The molecule has 0 aromatic heterocycles. The van der Waals surface area contributed by atoms with Crippen molar-refractivity contribution < 1.29 is 4.39 Å². The number of hydrogen-bond donors (Lipinski definition) is 1. The van der Waals surface area contributed by atoms with Gasteiger partial charge in [0.15, 0.2) is 0 Å². The van der Waals surface area contributed by atoms with E-state index < -0.39 is 0 Å². The molecule has 1 aliphatic carbocycles. The summed E-state index contributed by atoms with van der Waals surface area (Å²) in [7, 11) is 0. The maximum Gasteiger partial charge on any atom is 0.124 e. The Hall–Kier alpha value is -0.600. The van der Waals surface area contributed by atoms with Gasteiger partial charge in [0.1, 0.15) is 5.82 Å². The van der Waals surface area contributed by atoms with E-state index in [-0.39, 0.29) is 11.2 Å². The van der Waals surface area contributed by atoms with Gasteiger partial charge in [-0.25, -0.2) is 4.39 Å². The molecule has 1 nitrogen and oxygen atoms in total. The fourth-order valence-electron chi connectivity index (χ4n) is 3.18. The lowest BCUT2D eigenvalue weighted by molar-refractivity contribution is 0.229. The molecule has 0 heterocycles. The van der Waals surface area contributed by atoms with Gasteiger partial charge in [0.25, 0.3) is 0 Å². The summed E-state index contributed by atoms with van der Waals surface area (Å²) in [6, 6.07) is 5.32. The number of rotatable bonds is 4. The van der Waals surface area contributed by atoms with Crippen molar-refractivity contribution in [1.29, 1.82) is 0 Å². The molecule has 112 valence electrons. The first-order valence-corrected chi connectivity index (χ1v) is 8.00. The molecular formula is C17H25ClFN. The van der Waals surface area contributed by atoms with Crippen molar-refractivity contribution in [2.24, 2.45) is 5.92 Å². The van der Waals surface area contributed by atoms with Crippen molar-refractivity contribution >= 4 is 11.6 Å². The fourth-order valence-corrected chi connectivity index (χ4v) is 3.54. The van der Waals surface area contributed by atoms with E-state index in [2.05, 4.69) is 26.1 Å². The molecule has 2 rings (SSSR count). The van der Waals surface area contributed by atoms with Crippen LogP contribution in [-0.4, -0.2) is 12.6 Å². The normalized spacial score (nSPS) is 27.0. The van der Waals surface area contributed by atoms with Crippen LogP contribution < -0.4 is 5.32 Å². The summed E-state index contributed by atoms with van der Waals surface area (Å²) >= 11 is 6.34. The van der Waals surface area contributed by atoms with Crippen LogP contribution in [0.2, 0.25) is 5.02 Å². The molecule has 1 aromatic carbocycles. The van der Waals surface area contributed by atoms with Crippen LogP contribution in [0.3, 0.4) is 0 Å². The maximum absolute atomic E-state index is 13.3. The standard InChI is InChI=1S/C17H25ClFN/c1-12(2)20-11-17(8-6-13(3)7-9-17)15-5-4-14(19)10-16(15)18/h4-5,10,12-13,20H,6-9,11H2,1-3H3. The Labute approximate surface area is 126 Å². The predicted molar refractivity (Wildman–Crippen MR) is 83.9 cm³/mol. The molecule has 0 saturated heterocycles. The first kappa shape index (κ1) is 15.8. The lowest BCUT2D eigenvalue weighted by Gasteiger charge is -2.41. The maximum atomic E-state index is 13.3. The van der Waals surface area contributed by atoms with E-state index in [1.807, 2.05) is 6.07 Å². The zero-order chi connectivity index (χ0) is 14.8. The van der Waals surface area contributed by atoms with Crippen LogP contribution in [0.4, 0.5) is 4.39 Å². The number of benzene rings is 1. The first-order valence-electron chi connectivity index (χ1n) is 7.62. The Morgan fingerprint density at radius 1 is 1.35 bits per heavy atom. The Balaban J connectivity index is 2.30. The second-order valence-electron chi connectivity index (χ2n) is 6.62. The molecule has 0 aliphatic heterocycles. The van der Waals surface area contributed by atoms with Crippen molar-refractivity contribution in [3.05, 3.63) is 34.6 Å². The summed E-state index contributed by atoms with van der Waals surface area (Å²) in [5.74, 6) is 0.524. The minimum atomic E-state index is -0.255. The fraction of sp³-hybridized carbons (Fsp3) is 0.647. The molecular weight excluding hydrogens is 273 g/mol. The second kappa shape index (κ2) is 6.44. The highest BCUT2D eigenvalue weighted by molar-refractivity contribution is 6.31. The molecule has 0 unspecified atom stereocenters. The molecule has 1 aromatic rings. The third kappa shape index (κ3) is 3.53. The Kier molecular flexibility index (Phi) is 5.09. The van der Waals surface area contributed by atoms with Crippen molar-refractivity contribution in [1.82, 2.24) is 5.32 Å². The molecule has 0 amide bonds. The van der Waals surface area contributed by atoms with Crippen LogP contribution in [0.25, 0.3) is 0 Å². The summed E-state index contributed by atoms with van der Waals surface area (Å²) in [5.41, 5.74) is 1.17. The highest BCUT2D eigenvalue weighted by atomic mass is 35.5. The monoisotopic (exact) mass is 297 g/mol. The van der Waals surface area contributed by atoms with Crippen molar-refractivity contribution in [3.8, 4) is 0 Å². The molecule has 0 bridgehead atoms. The molecule has 1 aliphatic rings. The molecule has 1 fully saturated rings. The van der Waals surface area contributed by atoms with Gasteiger partial charge in [-0.15, -0.1) is 0 Å². The van der Waals surface area contributed by atoms with Gasteiger partial charge in [0.2, 0.25) is 0 Å². The molecule has 1 N–H and O–H groups in total. The van der Waals surface area contributed by atoms with Gasteiger partial charge >= 0.3 is 0 Å². The third-order valence-electron chi connectivity index (χ3n) is 4.58. The minimum Gasteiger partial charge on any atom is -0.314 e. The minimum absolute atomic E-state index is 0.0571. The average molecular weight is 298 g/mol. The largest absolute Gasteiger partial charge is 0.314 e. The highest BCUT2D eigenvalue weighted by Gasteiger charge is 2.37. The van der Waals surface area contributed by atoms with Crippen LogP contribution in [0.5, 0.6) is 0 Å². The van der Waals surface area contributed by atoms with Gasteiger partial charge < -0.3 is 5.32 Å². The second-order valence-corrected chi connectivity index (χ2v) is 7.03. The van der Waals surface area contributed by atoms with E-state index >= 15 is 0 Å². The lowest BCUT2D eigenvalue weighted by Crippen LogP contribution is -2.43. The molecule has 0 spiro atoms. The van der Waals surface area contributed by atoms with Crippen LogP contribution in [0.15, 0.2) is 18.2 Å². The van der Waals surface area contributed by atoms with E-state index in [0.717, 1.165) is 30.9 Å². The lowest BCUT2D eigenvalue weighted by atomic mass is 9.66. The van der Waals surface area contributed by atoms with E-state index in [1.165, 1.54) is 25.0 Å². The quantitative estimate of drug-likeness (QED) is 0.831. The van der Waals surface area contributed by atoms with E-state index in [0.29, 0.717) is 11.1 Å². The molecule has 3 heteroatoms. The smallest absolute Gasteiger partial charge is 0.124 e. The zero-order valence-electron chi connectivity index (χ0n) is 12.7. The topological polar surface area (TPSA) is 12.0 Å². The predicted octanol–water partition coefficient (Wildman–Crippen LogP) is 4.93. The summed E-state index contributed by atoms with van der Waals surface area (Å²) in [6.07, 6.45) is 4.68. The van der Waals surface area contributed by atoms with E-state index in [4.69, 9.17) is 11.6 Å². The SMILES string of the molecule is CC1CCC(CNC(C)C)(c2ccc(F)cc2Cl)CC1. The Bertz CT molecular complexity index is 450. The van der Waals surface area contributed by atoms with Gasteiger partial charge in [-0.2, -0.15) is 0 Å². The molecule has 0 radical (unpaired) electrons. The summed E-state index contributed by atoms with van der Waals surface area (Å²) in [5, 5.41) is 4.13. The van der Waals surface area contributed by atoms with Crippen LogP contribution in [-0.2, 0) is 5.41 Å². The number of nitrogens with one attached hydrogen (secondary N) is 1. The first-order chi connectivity index (χ1) is 9.43. The van der Waals surface area contributed by atoms with Gasteiger partial charge in [-0.3, -0.25) is 0 Å². The summed E-state index contributed by atoms with van der Waals surface area (Å²) in [4.78, 5) is 0. The van der Waals surface area contributed by atoms with E-state index in [9.17, 15) is 4.39 Å². The third-order valence-corrected chi connectivity index (χ3v) is 4.90. The number of halogens is 2. The Morgan fingerprint density at radius 2 is 2.00 bits per heavy atom. The van der Waals surface area contributed by atoms with E-state index in [1.54, 1.807) is 0 Å². The molecule has 0 atom stereocenters. The van der Waals surface area contributed by atoms with Gasteiger partial charge in [0.05, 0.1) is 0 Å². The summed E-state index contributed by atoms with van der Waals surface area (Å²) < 4.78 is 13.3. The van der Waals surface area contributed by atoms with Crippen LogP contribution in [0.1, 0.15) is 52.0 Å². The zero-order valence-corrected chi connectivity index (χ0v) is 13.4. The van der Waals surface area contributed by atoms with Crippen molar-refractivity contribution in [2.75, 3.05) is 6.54 Å². The average Bonchev–Trinajstić information content (AvgIpc) is 2.39. The van der Waals surface area contributed by atoms with Crippen LogP contribution >= 0.6 is 11.6 Å². The van der Waals surface area contributed by atoms with Gasteiger partial charge in [-0.1, -0.05) is 38.4 Å². The molecule has 1 saturated carbocycles. The summed E-state index contributed by atoms with van der Waals surface area (Å²) in [6.45, 7) is 7.55.